The molecule has 0 amide bonds. The summed E-state index contributed by atoms with van der Waals surface area (Å²) in [5.74, 6) is 1.80. The summed E-state index contributed by atoms with van der Waals surface area (Å²) in [6, 6.07) is 52.1. The van der Waals surface area contributed by atoms with E-state index in [-0.39, 0.29) is 0 Å². The third-order valence-electron chi connectivity index (χ3n) is 9.76. The molecule has 0 unspecified atom stereocenters. The van der Waals surface area contributed by atoms with Crippen LogP contribution in [0.1, 0.15) is 0 Å². The largest absolute Gasteiger partial charge is 0.456 e. The van der Waals surface area contributed by atoms with Gasteiger partial charge in [0.1, 0.15) is 22.3 Å². The highest BCUT2D eigenvalue weighted by atomic mass is 32.1. The number of rotatable bonds is 4. The van der Waals surface area contributed by atoms with Crippen LogP contribution in [-0.4, -0.2) is 15.0 Å². The van der Waals surface area contributed by atoms with Crippen LogP contribution in [0, 0.1) is 0 Å². The molecule has 0 aliphatic heterocycles. The fourth-order valence-corrected chi connectivity index (χ4v) is 8.51. The number of para-hydroxylation sites is 2. The van der Waals surface area contributed by atoms with Gasteiger partial charge in [0, 0.05) is 52.8 Å². The average Bonchev–Trinajstić information content (AvgIpc) is 3.88. The first-order chi connectivity index (χ1) is 25.2. The second kappa shape index (κ2) is 10.9. The van der Waals surface area contributed by atoms with Gasteiger partial charge in [0.2, 0.25) is 0 Å². The van der Waals surface area contributed by atoms with Gasteiger partial charge in [-0.1, -0.05) is 109 Å². The highest BCUT2D eigenvalue weighted by Gasteiger charge is 2.19. The molecule has 0 atom stereocenters. The number of thiophene rings is 1. The maximum absolute atomic E-state index is 6.64. The van der Waals surface area contributed by atoms with E-state index in [0.717, 1.165) is 71.7 Å². The number of aromatic nitrogens is 3. The molecule has 4 aromatic heterocycles. The van der Waals surface area contributed by atoms with Crippen molar-refractivity contribution in [2.45, 2.75) is 0 Å². The summed E-state index contributed by atoms with van der Waals surface area (Å²) in [5.41, 5.74) is 8.20. The third kappa shape index (κ3) is 4.43. The van der Waals surface area contributed by atoms with E-state index >= 15 is 0 Å². The second-order valence-electron chi connectivity index (χ2n) is 12.8. The van der Waals surface area contributed by atoms with E-state index < -0.39 is 0 Å². The zero-order valence-corrected chi connectivity index (χ0v) is 27.8. The van der Waals surface area contributed by atoms with Gasteiger partial charge in [0.25, 0.3) is 0 Å². The van der Waals surface area contributed by atoms with Gasteiger partial charge in [-0.15, -0.1) is 11.3 Å². The molecule has 7 aromatic carbocycles. The first kappa shape index (κ1) is 28.2. The minimum absolute atomic E-state index is 0.565. The van der Waals surface area contributed by atoms with Crippen molar-refractivity contribution in [1.29, 1.82) is 0 Å². The Hall–Kier alpha value is -6.63. The van der Waals surface area contributed by atoms with Crippen LogP contribution in [0.2, 0.25) is 0 Å². The molecule has 6 heteroatoms. The molecule has 51 heavy (non-hydrogen) atoms. The maximum Gasteiger partial charge on any atom is 0.167 e. The molecular formula is C45H25N3O2S. The van der Waals surface area contributed by atoms with Crippen LogP contribution in [-0.2, 0) is 0 Å². The Morgan fingerprint density at radius 2 is 1.04 bits per heavy atom. The molecule has 0 saturated carbocycles. The Kier molecular flexibility index (Phi) is 6.05. The molecule has 0 spiro atoms. The lowest BCUT2D eigenvalue weighted by molar-refractivity contribution is 0.669. The molecule has 0 bridgehead atoms. The molecule has 0 radical (unpaired) electrons. The average molecular weight is 672 g/mol. The summed E-state index contributed by atoms with van der Waals surface area (Å²) >= 11 is 1.79. The molecule has 5 nitrogen and oxygen atoms in total. The molecule has 0 N–H and O–H groups in total. The Balaban J connectivity index is 1.09. The molecule has 238 valence electrons. The number of furan rings is 2. The van der Waals surface area contributed by atoms with Crippen LogP contribution in [0.25, 0.3) is 109 Å². The lowest BCUT2D eigenvalue weighted by Crippen LogP contribution is -2.00. The van der Waals surface area contributed by atoms with Crippen molar-refractivity contribution in [3.05, 3.63) is 152 Å². The summed E-state index contributed by atoms with van der Waals surface area (Å²) in [6.07, 6.45) is 0. The summed E-state index contributed by atoms with van der Waals surface area (Å²) in [6.45, 7) is 0. The predicted molar refractivity (Wildman–Crippen MR) is 209 cm³/mol. The normalized spacial score (nSPS) is 11.9. The van der Waals surface area contributed by atoms with Crippen molar-refractivity contribution < 1.29 is 8.83 Å². The Morgan fingerprint density at radius 3 is 1.96 bits per heavy atom. The van der Waals surface area contributed by atoms with E-state index in [1.807, 2.05) is 54.6 Å². The van der Waals surface area contributed by atoms with Crippen LogP contribution in [0.15, 0.2) is 160 Å². The van der Waals surface area contributed by atoms with E-state index in [9.17, 15) is 0 Å². The number of hydrogen-bond acceptors (Lipinski definition) is 6. The molecule has 0 aliphatic rings. The van der Waals surface area contributed by atoms with Crippen molar-refractivity contribution in [3.63, 3.8) is 0 Å². The molecule has 4 heterocycles. The van der Waals surface area contributed by atoms with Crippen LogP contribution in [0.4, 0.5) is 0 Å². The maximum atomic E-state index is 6.64. The van der Waals surface area contributed by atoms with Gasteiger partial charge in [-0.05, 0) is 53.6 Å². The van der Waals surface area contributed by atoms with E-state index in [1.165, 1.54) is 20.2 Å². The first-order valence-corrected chi connectivity index (χ1v) is 17.7. The second-order valence-corrected chi connectivity index (χ2v) is 13.8. The summed E-state index contributed by atoms with van der Waals surface area (Å²) in [4.78, 5) is 15.2. The van der Waals surface area contributed by atoms with E-state index in [4.69, 9.17) is 23.8 Å². The van der Waals surface area contributed by atoms with Gasteiger partial charge in [-0.3, -0.25) is 0 Å². The molecule has 11 aromatic rings. The lowest BCUT2D eigenvalue weighted by atomic mass is 9.97. The summed E-state index contributed by atoms with van der Waals surface area (Å²) < 4.78 is 15.3. The highest BCUT2D eigenvalue weighted by molar-refractivity contribution is 7.25. The van der Waals surface area contributed by atoms with Gasteiger partial charge in [0.05, 0.1) is 5.56 Å². The topological polar surface area (TPSA) is 65.0 Å². The van der Waals surface area contributed by atoms with Crippen LogP contribution in [0.3, 0.4) is 0 Å². The minimum atomic E-state index is 0.565. The van der Waals surface area contributed by atoms with Crippen molar-refractivity contribution in [2.24, 2.45) is 0 Å². The van der Waals surface area contributed by atoms with Gasteiger partial charge in [0.15, 0.2) is 17.5 Å². The predicted octanol–water partition coefficient (Wildman–Crippen LogP) is 12.7. The third-order valence-corrected chi connectivity index (χ3v) is 10.9. The number of benzene rings is 7. The van der Waals surface area contributed by atoms with E-state index in [1.54, 1.807) is 11.3 Å². The number of hydrogen-bond donors (Lipinski definition) is 0. The van der Waals surface area contributed by atoms with Crippen LogP contribution < -0.4 is 0 Å². The Morgan fingerprint density at radius 1 is 0.373 bits per heavy atom. The van der Waals surface area contributed by atoms with Crippen molar-refractivity contribution >= 4 is 75.4 Å². The SMILES string of the molecule is c1ccc(-c2nc(-c3ccc4c(c3)sc3ccccc34)nc(-c3cccc4c3oc3ccc(-c5cccc6oc7ccccc7c56)cc34)n2)cc1. The summed E-state index contributed by atoms with van der Waals surface area (Å²) in [7, 11) is 0. The molecular weight excluding hydrogens is 647 g/mol. The van der Waals surface area contributed by atoms with Crippen molar-refractivity contribution in [3.8, 4) is 45.3 Å². The number of fused-ring (bicyclic) bond motifs is 9. The summed E-state index contributed by atoms with van der Waals surface area (Å²) in [5, 5.41) is 6.75. The fourth-order valence-electron chi connectivity index (χ4n) is 7.36. The Labute approximate surface area is 295 Å². The standard InChI is InChI=1S/C45H25N3O2S/c1-2-10-26(11-3-1)43-46-44(28-20-22-31-30-12-5-7-19-39(30)51-40(31)25-28)48-45(47-43)34-16-8-15-32-35-24-27(21-23-37(35)50-42(32)34)29-14-9-18-38-41(29)33-13-4-6-17-36(33)49-38/h1-25H. The number of nitrogens with zero attached hydrogens (tertiary/aromatic N) is 3. The zero-order valence-electron chi connectivity index (χ0n) is 27.0. The van der Waals surface area contributed by atoms with E-state index in [0.29, 0.717) is 17.5 Å². The molecule has 0 fully saturated rings. The van der Waals surface area contributed by atoms with Crippen molar-refractivity contribution in [2.75, 3.05) is 0 Å². The van der Waals surface area contributed by atoms with Gasteiger partial charge in [-0.25, -0.2) is 15.0 Å². The highest BCUT2D eigenvalue weighted by Crippen LogP contribution is 2.41. The first-order valence-electron chi connectivity index (χ1n) is 16.8. The quantitative estimate of drug-likeness (QED) is 0.186. The smallest absolute Gasteiger partial charge is 0.167 e. The zero-order chi connectivity index (χ0) is 33.5. The van der Waals surface area contributed by atoms with Crippen molar-refractivity contribution in [1.82, 2.24) is 15.0 Å². The monoisotopic (exact) mass is 671 g/mol. The molecule has 0 aliphatic carbocycles. The van der Waals surface area contributed by atoms with Gasteiger partial charge in [-0.2, -0.15) is 0 Å². The van der Waals surface area contributed by atoms with Crippen LogP contribution >= 0.6 is 11.3 Å². The molecule has 11 rings (SSSR count). The fraction of sp³-hybridized carbons (Fsp3) is 0. The lowest BCUT2D eigenvalue weighted by Gasteiger charge is -2.09. The van der Waals surface area contributed by atoms with Gasteiger partial charge < -0.3 is 8.83 Å². The minimum Gasteiger partial charge on any atom is -0.456 e. The molecule has 0 saturated heterocycles. The van der Waals surface area contributed by atoms with Gasteiger partial charge >= 0.3 is 0 Å². The Bertz CT molecular complexity index is 3160. The van der Waals surface area contributed by atoms with E-state index in [2.05, 4.69) is 97.1 Å². The van der Waals surface area contributed by atoms with Crippen LogP contribution in [0.5, 0.6) is 0 Å².